The van der Waals surface area contributed by atoms with Crippen molar-refractivity contribution < 1.29 is 13.6 Å². The van der Waals surface area contributed by atoms with Crippen LogP contribution in [0.25, 0.3) is 0 Å². The summed E-state index contributed by atoms with van der Waals surface area (Å²) < 4.78 is 26.2. The number of carbonyl (C=O) groups excluding carboxylic acids is 1. The molecular weight excluding hydrogens is 304 g/mol. The third-order valence-corrected chi connectivity index (χ3v) is 3.08. The summed E-state index contributed by atoms with van der Waals surface area (Å²) in [6.45, 7) is 0.572. The Morgan fingerprint density at radius 1 is 1.22 bits per heavy atom. The first-order valence-electron chi connectivity index (χ1n) is 5.90. The van der Waals surface area contributed by atoms with Crippen LogP contribution >= 0.6 is 15.9 Å². The van der Waals surface area contributed by atoms with Crippen molar-refractivity contribution in [3.8, 4) is 0 Å². The molecule has 0 atom stereocenters. The van der Waals surface area contributed by atoms with Crippen molar-refractivity contribution in [2.75, 3.05) is 11.9 Å². The number of amides is 1. The van der Waals surface area contributed by atoms with Crippen LogP contribution in [-0.4, -0.2) is 17.8 Å². The van der Waals surface area contributed by atoms with Crippen molar-refractivity contribution in [2.24, 2.45) is 0 Å². The summed E-state index contributed by atoms with van der Waals surface area (Å²) in [4.78, 5) is 11.5. The lowest BCUT2D eigenvalue weighted by molar-refractivity contribution is -0.120. The maximum absolute atomic E-state index is 13.3. The number of nitrogens with one attached hydrogen (secondary N) is 1. The molecule has 0 fully saturated rings. The van der Waals surface area contributed by atoms with Crippen LogP contribution in [0.1, 0.15) is 24.8 Å². The molecule has 0 bridgehead atoms. The van der Waals surface area contributed by atoms with E-state index >= 15 is 0 Å². The molecule has 5 heteroatoms. The number of hydrogen-bond donors (Lipinski definition) is 1. The number of alkyl halides is 1. The highest BCUT2D eigenvalue weighted by Crippen LogP contribution is 2.11. The molecule has 0 aliphatic carbocycles. The first-order chi connectivity index (χ1) is 8.65. The molecule has 1 amide bonds. The van der Waals surface area contributed by atoms with Crippen molar-refractivity contribution in [2.45, 2.75) is 25.7 Å². The number of unbranched alkanes of at least 4 members (excludes halogenated alkanes) is 2. The quantitative estimate of drug-likeness (QED) is 0.607. The zero-order chi connectivity index (χ0) is 13.4. The lowest BCUT2D eigenvalue weighted by Gasteiger charge is -2.06. The molecule has 18 heavy (non-hydrogen) atoms. The summed E-state index contributed by atoms with van der Waals surface area (Å²) in [5.41, 5.74) is 0.0907. The average molecular weight is 320 g/mol. The summed E-state index contributed by atoms with van der Waals surface area (Å²) >= 11 is 3.32. The van der Waals surface area contributed by atoms with Gasteiger partial charge >= 0.3 is 0 Å². The van der Waals surface area contributed by atoms with E-state index in [1.54, 1.807) is 0 Å². The minimum absolute atomic E-state index is 0.0907. The van der Waals surface area contributed by atoms with Gasteiger partial charge in [-0.2, -0.15) is 0 Å². The van der Waals surface area contributed by atoms with Gasteiger partial charge in [0.05, 0.1) is 6.42 Å². The van der Waals surface area contributed by atoms with Gasteiger partial charge in [-0.25, -0.2) is 8.78 Å². The second-order valence-electron chi connectivity index (χ2n) is 3.99. The standard InChI is InChI=1S/C13H16BrF2NO/c14-7-2-1-3-8-17-12(18)9-10-5-4-6-11(15)13(10)16/h4-6H,1-3,7-9H2,(H,17,18). The van der Waals surface area contributed by atoms with Gasteiger partial charge in [-0.05, 0) is 18.9 Å². The number of rotatable bonds is 7. The molecule has 1 aromatic rings. The van der Waals surface area contributed by atoms with E-state index < -0.39 is 11.6 Å². The van der Waals surface area contributed by atoms with Crippen LogP contribution in [0.2, 0.25) is 0 Å². The Morgan fingerprint density at radius 2 is 2.00 bits per heavy atom. The minimum Gasteiger partial charge on any atom is -0.356 e. The van der Waals surface area contributed by atoms with Gasteiger partial charge < -0.3 is 5.32 Å². The van der Waals surface area contributed by atoms with E-state index in [0.29, 0.717) is 6.54 Å². The van der Waals surface area contributed by atoms with Crippen LogP contribution in [-0.2, 0) is 11.2 Å². The highest BCUT2D eigenvalue weighted by molar-refractivity contribution is 9.09. The van der Waals surface area contributed by atoms with E-state index in [1.807, 2.05) is 0 Å². The fourth-order valence-corrected chi connectivity index (χ4v) is 1.94. The van der Waals surface area contributed by atoms with E-state index in [1.165, 1.54) is 12.1 Å². The number of hydrogen-bond acceptors (Lipinski definition) is 1. The van der Waals surface area contributed by atoms with Crippen molar-refractivity contribution in [3.63, 3.8) is 0 Å². The molecule has 0 saturated carbocycles. The van der Waals surface area contributed by atoms with Crippen molar-refractivity contribution in [3.05, 3.63) is 35.4 Å². The molecule has 1 N–H and O–H groups in total. The summed E-state index contributed by atoms with van der Waals surface area (Å²) in [7, 11) is 0. The predicted octanol–water partition coefficient (Wildman–Crippen LogP) is 3.19. The number of carbonyl (C=O) groups is 1. The molecule has 0 radical (unpaired) electrons. The molecule has 0 aromatic heterocycles. The first kappa shape index (κ1) is 15.1. The van der Waals surface area contributed by atoms with Crippen LogP contribution in [0.4, 0.5) is 8.78 Å². The molecule has 1 aromatic carbocycles. The topological polar surface area (TPSA) is 29.1 Å². The Balaban J connectivity index is 2.34. The van der Waals surface area contributed by atoms with Crippen molar-refractivity contribution in [1.29, 1.82) is 0 Å². The molecule has 2 nitrogen and oxygen atoms in total. The Labute approximate surface area is 114 Å². The maximum Gasteiger partial charge on any atom is 0.224 e. The molecule has 0 aliphatic rings. The van der Waals surface area contributed by atoms with Gasteiger partial charge in [0.2, 0.25) is 5.91 Å². The molecular formula is C13H16BrF2NO. The Kier molecular flexibility index (Phi) is 6.86. The molecule has 0 spiro atoms. The molecule has 0 aliphatic heterocycles. The minimum atomic E-state index is -0.938. The average Bonchev–Trinajstić information content (AvgIpc) is 2.35. The van der Waals surface area contributed by atoms with Crippen LogP contribution in [0.3, 0.4) is 0 Å². The van der Waals surface area contributed by atoms with E-state index in [9.17, 15) is 13.6 Å². The van der Waals surface area contributed by atoms with E-state index in [-0.39, 0.29) is 17.9 Å². The van der Waals surface area contributed by atoms with Crippen molar-refractivity contribution in [1.82, 2.24) is 5.32 Å². The van der Waals surface area contributed by atoms with Crippen LogP contribution < -0.4 is 5.32 Å². The summed E-state index contributed by atoms with van der Waals surface area (Å²) in [5, 5.41) is 3.65. The van der Waals surface area contributed by atoms with Gasteiger partial charge in [-0.3, -0.25) is 4.79 Å². The van der Waals surface area contributed by atoms with E-state index in [2.05, 4.69) is 21.2 Å². The van der Waals surface area contributed by atoms with Gasteiger partial charge in [0.1, 0.15) is 0 Å². The predicted molar refractivity (Wildman–Crippen MR) is 70.7 cm³/mol. The first-order valence-corrected chi connectivity index (χ1v) is 7.03. The molecule has 1 rings (SSSR count). The van der Waals surface area contributed by atoms with Gasteiger partial charge in [0.25, 0.3) is 0 Å². The molecule has 0 unspecified atom stereocenters. The van der Waals surface area contributed by atoms with Crippen molar-refractivity contribution >= 4 is 21.8 Å². The van der Waals surface area contributed by atoms with E-state index in [4.69, 9.17) is 0 Å². The van der Waals surface area contributed by atoms with Gasteiger partial charge in [0.15, 0.2) is 11.6 Å². The number of halogens is 3. The zero-order valence-electron chi connectivity index (χ0n) is 10.0. The third-order valence-electron chi connectivity index (χ3n) is 2.52. The summed E-state index contributed by atoms with van der Waals surface area (Å²) in [5.74, 6) is -2.14. The zero-order valence-corrected chi connectivity index (χ0v) is 11.6. The van der Waals surface area contributed by atoms with Gasteiger partial charge in [-0.15, -0.1) is 0 Å². The molecule has 0 heterocycles. The molecule has 100 valence electrons. The second kappa shape index (κ2) is 8.19. The molecule has 0 saturated heterocycles. The Bertz CT molecular complexity index is 399. The second-order valence-corrected chi connectivity index (χ2v) is 4.78. The maximum atomic E-state index is 13.3. The highest BCUT2D eigenvalue weighted by Gasteiger charge is 2.10. The smallest absolute Gasteiger partial charge is 0.224 e. The fraction of sp³-hybridized carbons (Fsp3) is 0.462. The summed E-state index contributed by atoms with van der Waals surface area (Å²) in [6.07, 6.45) is 2.86. The monoisotopic (exact) mass is 319 g/mol. The Morgan fingerprint density at radius 3 is 2.72 bits per heavy atom. The largest absolute Gasteiger partial charge is 0.356 e. The lowest BCUT2D eigenvalue weighted by Crippen LogP contribution is -2.26. The fourth-order valence-electron chi connectivity index (χ4n) is 1.54. The highest BCUT2D eigenvalue weighted by atomic mass is 79.9. The SMILES string of the molecule is O=C(Cc1cccc(F)c1F)NCCCCCBr. The van der Waals surface area contributed by atoms with Crippen LogP contribution in [0.5, 0.6) is 0 Å². The Hall–Kier alpha value is -0.970. The number of benzene rings is 1. The van der Waals surface area contributed by atoms with E-state index in [0.717, 1.165) is 30.7 Å². The lowest BCUT2D eigenvalue weighted by atomic mass is 10.1. The normalized spacial score (nSPS) is 10.4. The third kappa shape index (κ3) is 5.12. The van der Waals surface area contributed by atoms with Gasteiger partial charge in [-0.1, -0.05) is 34.5 Å². The van der Waals surface area contributed by atoms with Crippen LogP contribution in [0.15, 0.2) is 18.2 Å². The summed E-state index contributed by atoms with van der Waals surface area (Å²) in [6, 6.07) is 3.86. The van der Waals surface area contributed by atoms with Gasteiger partial charge in [0, 0.05) is 17.4 Å². The van der Waals surface area contributed by atoms with Crippen LogP contribution in [0, 0.1) is 11.6 Å².